The quantitative estimate of drug-likeness (QED) is 0.611. The van der Waals surface area contributed by atoms with E-state index in [1.54, 1.807) is 0 Å². The van der Waals surface area contributed by atoms with Crippen molar-refractivity contribution in [1.29, 1.82) is 0 Å². The first-order valence-corrected chi connectivity index (χ1v) is 5.30. The van der Waals surface area contributed by atoms with Crippen molar-refractivity contribution in [3.05, 3.63) is 73.3 Å². The molecule has 2 heteroatoms. The third kappa shape index (κ3) is 1.54. The normalized spacial score (nSPS) is 10.5. The Labute approximate surface area is 94.4 Å². The van der Waals surface area contributed by atoms with Gasteiger partial charge in [0.1, 0.15) is 0 Å². The average molecular weight is 208 g/mol. The smallest absolute Gasteiger partial charge is 0.0470 e. The van der Waals surface area contributed by atoms with E-state index in [1.807, 2.05) is 24.3 Å². The molecule has 3 rings (SSSR count). The number of rotatable bonds is 2. The van der Waals surface area contributed by atoms with Crippen molar-refractivity contribution < 1.29 is 0 Å². The molecule has 78 valence electrons. The molecule has 3 aromatic rings. The van der Waals surface area contributed by atoms with Gasteiger partial charge >= 0.3 is 0 Å². The summed E-state index contributed by atoms with van der Waals surface area (Å²) in [5.74, 6) is 0. The monoisotopic (exact) mass is 208 g/mol. The lowest BCUT2D eigenvalue weighted by atomic mass is 10.2. The van der Waals surface area contributed by atoms with E-state index < -0.39 is 0 Å². The Morgan fingerprint density at radius 3 is 1.44 bits per heavy atom. The lowest BCUT2D eigenvalue weighted by Gasteiger charge is -2.07. The first kappa shape index (κ1) is 9.04. The maximum absolute atomic E-state index is 2.17. The molecule has 0 bridgehead atoms. The van der Waals surface area contributed by atoms with Crippen molar-refractivity contribution in [3.8, 4) is 11.4 Å². The maximum atomic E-state index is 2.17. The molecule has 0 amide bonds. The van der Waals surface area contributed by atoms with Crippen LogP contribution in [-0.2, 0) is 0 Å². The molecule has 0 unspecified atom stereocenters. The molecule has 0 aliphatic heterocycles. The van der Waals surface area contributed by atoms with Crippen LogP contribution < -0.4 is 0 Å². The van der Waals surface area contributed by atoms with E-state index in [0.717, 1.165) is 0 Å². The molecule has 0 saturated carbocycles. The summed E-state index contributed by atoms with van der Waals surface area (Å²) in [6.45, 7) is 0. The van der Waals surface area contributed by atoms with Gasteiger partial charge in [-0.15, -0.1) is 0 Å². The summed E-state index contributed by atoms with van der Waals surface area (Å²) in [5, 5.41) is 0. The molecule has 0 aliphatic rings. The lowest BCUT2D eigenvalue weighted by Crippen LogP contribution is -1.94. The highest BCUT2D eigenvalue weighted by molar-refractivity contribution is 5.44. The minimum atomic E-state index is 1.18. The Morgan fingerprint density at radius 2 is 1.00 bits per heavy atom. The Kier molecular flexibility index (Phi) is 2.11. The van der Waals surface area contributed by atoms with Crippen molar-refractivity contribution in [3.63, 3.8) is 0 Å². The summed E-state index contributed by atoms with van der Waals surface area (Å²) in [5.41, 5.74) is 2.35. The van der Waals surface area contributed by atoms with Gasteiger partial charge in [0.25, 0.3) is 0 Å². The van der Waals surface area contributed by atoms with Gasteiger partial charge in [-0.2, -0.15) is 0 Å². The molecule has 2 heterocycles. The van der Waals surface area contributed by atoms with Gasteiger partial charge in [-0.1, -0.05) is 6.07 Å². The van der Waals surface area contributed by atoms with Crippen LogP contribution in [0, 0.1) is 0 Å². The fourth-order valence-corrected chi connectivity index (χ4v) is 1.83. The summed E-state index contributed by atoms with van der Waals surface area (Å²) >= 11 is 0. The zero-order valence-electron chi connectivity index (χ0n) is 8.82. The third-order valence-corrected chi connectivity index (χ3v) is 2.63. The predicted molar refractivity (Wildman–Crippen MR) is 65.1 cm³/mol. The second-order valence-electron chi connectivity index (χ2n) is 3.70. The highest BCUT2D eigenvalue weighted by atomic mass is 15.0. The topological polar surface area (TPSA) is 9.86 Å². The van der Waals surface area contributed by atoms with Crippen LogP contribution in [0.1, 0.15) is 0 Å². The van der Waals surface area contributed by atoms with Crippen molar-refractivity contribution >= 4 is 0 Å². The summed E-state index contributed by atoms with van der Waals surface area (Å²) in [4.78, 5) is 0. The Hall–Kier alpha value is -2.22. The number of nitrogens with zero attached hydrogens (tertiary/aromatic N) is 2. The number of aromatic nitrogens is 2. The van der Waals surface area contributed by atoms with E-state index in [2.05, 4.69) is 58.2 Å². The second-order valence-corrected chi connectivity index (χ2v) is 3.70. The summed E-state index contributed by atoms with van der Waals surface area (Å²) in [6.07, 6.45) is 8.20. The molecule has 2 nitrogen and oxygen atoms in total. The van der Waals surface area contributed by atoms with Crippen LogP contribution in [0.4, 0.5) is 0 Å². The third-order valence-electron chi connectivity index (χ3n) is 2.63. The molecule has 2 aromatic heterocycles. The average Bonchev–Trinajstić information content (AvgIpc) is 3.03. The lowest BCUT2D eigenvalue weighted by molar-refractivity contribution is 1.04. The van der Waals surface area contributed by atoms with Gasteiger partial charge in [0.2, 0.25) is 0 Å². The maximum Gasteiger partial charge on any atom is 0.0470 e. The molecule has 16 heavy (non-hydrogen) atoms. The molecule has 0 aliphatic carbocycles. The molecule has 0 N–H and O–H groups in total. The number of benzene rings is 1. The van der Waals surface area contributed by atoms with Crippen molar-refractivity contribution in [2.75, 3.05) is 0 Å². The Morgan fingerprint density at radius 1 is 0.562 bits per heavy atom. The Bertz CT molecular complexity index is 513. The minimum absolute atomic E-state index is 1.18. The van der Waals surface area contributed by atoms with Crippen LogP contribution in [0.25, 0.3) is 11.4 Å². The first-order chi connectivity index (χ1) is 7.93. The summed E-state index contributed by atoms with van der Waals surface area (Å²) in [6, 6.07) is 16.6. The SMILES string of the molecule is c1cc(-n2cccc2)cc(-n2cccc2)c1. The fraction of sp³-hybridized carbons (Fsp3) is 0. The molecule has 1 aromatic carbocycles. The van der Waals surface area contributed by atoms with E-state index in [1.165, 1.54) is 11.4 Å². The van der Waals surface area contributed by atoms with Gasteiger partial charge < -0.3 is 9.13 Å². The number of hydrogen-bond acceptors (Lipinski definition) is 0. The van der Waals surface area contributed by atoms with Gasteiger partial charge in [-0.3, -0.25) is 0 Å². The van der Waals surface area contributed by atoms with Crippen LogP contribution in [-0.4, -0.2) is 9.13 Å². The van der Waals surface area contributed by atoms with Crippen LogP contribution >= 0.6 is 0 Å². The van der Waals surface area contributed by atoms with Gasteiger partial charge in [0.15, 0.2) is 0 Å². The van der Waals surface area contributed by atoms with E-state index in [0.29, 0.717) is 0 Å². The zero-order valence-corrected chi connectivity index (χ0v) is 8.82. The first-order valence-electron chi connectivity index (χ1n) is 5.30. The van der Waals surface area contributed by atoms with Gasteiger partial charge in [-0.25, -0.2) is 0 Å². The molecule has 0 spiro atoms. The van der Waals surface area contributed by atoms with Crippen molar-refractivity contribution in [2.24, 2.45) is 0 Å². The fourth-order valence-electron chi connectivity index (χ4n) is 1.83. The van der Waals surface area contributed by atoms with Crippen molar-refractivity contribution in [2.45, 2.75) is 0 Å². The Balaban J connectivity index is 2.07. The minimum Gasteiger partial charge on any atom is -0.324 e. The molecule has 0 fully saturated rings. The molecule has 0 atom stereocenters. The van der Waals surface area contributed by atoms with Gasteiger partial charge in [-0.05, 0) is 42.5 Å². The van der Waals surface area contributed by atoms with Crippen molar-refractivity contribution in [1.82, 2.24) is 9.13 Å². The highest BCUT2D eigenvalue weighted by Gasteiger charge is 1.98. The van der Waals surface area contributed by atoms with Crippen LogP contribution in [0.3, 0.4) is 0 Å². The molecular weight excluding hydrogens is 196 g/mol. The van der Waals surface area contributed by atoms with E-state index in [-0.39, 0.29) is 0 Å². The summed E-state index contributed by atoms with van der Waals surface area (Å²) in [7, 11) is 0. The van der Waals surface area contributed by atoms with Crippen LogP contribution in [0.5, 0.6) is 0 Å². The standard InChI is InChI=1S/C14H12N2/c1-2-9-15(8-1)13-6-5-7-14(12-13)16-10-3-4-11-16/h1-12H. The molecule has 0 radical (unpaired) electrons. The van der Waals surface area contributed by atoms with E-state index >= 15 is 0 Å². The molecular formula is C14H12N2. The van der Waals surface area contributed by atoms with E-state index in [9.17, 15) is 0 Å². The zero-order chi connectivity index (χ0) is 10.8. The predicted octanol–water partition coefficient (Wildman–Crippen LogP) is 3.27. The second kappa shape index (κ2) is 3.74. The van der Waals surface area contributed by atoms with E-state index in [4.69, 9.17) is 0 Å². The summed E-state index contributed by atoms with van der Waals surface area (Å²) < 4.78 is 4.21. The van der Waals surface area contributed by atoms with Gasteiger partial charge in [0.05, 0.1) is 0 Å². The van der Waals surface area contributed by atoms with Crippen LogP contribution in [0.2, 0.25) is 0 Å². The van der Waals surface area contributed by atoms with Crippen LogP contribution in [0.15, 0.2) is 73.3 Å². The highest BCUT2D eigenvalue weighted by Crippen LogP contribution is 2.14. The molecule has 0 saturated heterocycles. The largest absolute Gasteiger partial charge is 0.324 e. The number of hydrogen-bond donors (Lipinski definition) is 0. The van der Waals surface area contributed by atoms with Gasteiger partial charge in [0, 0.05) is 36.2 Å².